The van der Waals surface area contributed by atoms with E-state index in [1.165, 1.54) is 5.56 Å². The first-order valence-electron chi connectivity index (χ1n) is 9.45. The molecule has 5 rings (SSSR count). The zero-order chi connectivity index (χ0) is 19.1. The molecule has 1 aliphatic carbocycles. The van der Waals surface area contributed by atoms with Gasteiger partial charge in [0.2, 0.25) is 0 Å². The fourth-order valence-electron chi connectivity index (χ4n) is 4.15. The van der Waals surface area contributed by atoms with E-state index in [4.69, 9.17) is 0 Å². The second-order valence-electron chi connectivity index (χ2n) is 7.05. The summed E-state index contributed by atoms with van der Waals surface area (Å²) in [4.78, 5) is 13.7. The smallest absolute Gasteiger partial charge is 0.267 e. The van der Waals surface area contributed by atoms with Crippen LogP contribution in [0.4, 0.5) is 0 Å². The van der Waals surface area contributed by atoms with Crippen LogP contribution in [0.5, 0.6) is 5.75 Å². The van der Waals surface area contributed by atoms with E-state index < -0.39 is 0 Å². The first kappa shape index (κ1) is 16.6. The molecule has 0 spiro atoms. The average Bonchev–Trinajstić information content (AvgIpc) is 2.75. The third kappa shape index (κ3) is 2.48. The second-order valence-corrected chi connectivity index (χ2v) is 7.05. The maximum absolute atomic E-state index is 13.7. The number of hydrogen-bond donors (Lipinski definition) is 1. The van der Waals surface area contributed by atoms with Crippen molar-refractivity contribution < 1.29 is 5.11 Å². The Morgan fingerprint density at radius 1 is 0.750 bits per heavy atom. The number of hydrogen-bond acceptors (Lipinski definition) is 2. The van der Waals surface area contributed by atoms with Crippen LogP contribution in [0.25, 0.3) is 28.1 Å². The lowest BCUT2D eigenvalue weighted by atomic mass is 9.86. The summed E-state index contributed by atoms with van der Waals surface area (Å²) in [5, 5.41) is 11.2. The summed E-state index contributed by atoms with van der Waals surface area (Å²) in [7, 11) is 0. The van der Waals surface area contributed by atoms with Gasteiger partial charge in [-0.05, 0) is 36.1 Å². The van der Waals surface area contributed by atoms with Crippen molar-refractivity contribution in [2.75, 3.05) is 0 Å². The minimum atomic E-state index is -0.203. The van der Waals surface area contributed by atoms with Crippen LogP contribution in [0.15, 0.2) is 89.7 Å². The molecule has 1 aromatic heterocycles. The molecule has 0 amide bonds. The van der Waals surface area contributed by atoms with Crippen LogP contribution in [0.3, 0.4) is 0 Å². The SMILES string of the molecule is O=c1c(-c2ccccc2)c(O)c2c(n1-c1ccccc1)-c1ccccc1CC2. The zero-order valence-corrected chi connectivity index (χ0v) is 15.3. The molecule has 3 nitrogen and oxygen atoms in total. The van der Waals surface area contributed by atoms with Gasteiger partial charge in [0.1, 0.15) is 5.75 Å². The standard InChI is InChI=1S/C25H19NO2/c27-24-21-16-15-17-9-7-8-14-20(17)23(21)26(19-12-5-2-6-13-19)25(28)22(24)18-10-3-1-4-11-18/h1-14,27H,15-16H2. The van der Waals surface area contributed by atoms with E-state index in [2.05, 4.69) is 6.07 Å². The molecule has 0 fully saturated rings. The van der Waals surface area contributed by atoms with Gasteiger partial charge in [0.15, 0.2) is 0 Å². The van der Waals surface area contributed by atoms with Gasteiger partial charge in [-0.1, -0.05) is 72.8 Å². The van der Waals surface area contributed by atoms with Crippen molar-refractivity contribution in [2.45, 2.75) is 12.8 Å². The molecule has 0 atom stereocenters. The van der Waals surface area contributed by atoms with E-state index >= 15 is 0 Å². The molecule has 3 heteroatoms. The number of rotatable bonds is 2. The quantitative estimate of drug-likeness (QED) is 0.545. The zero-order valence-electron chi connectivity index (χ0n) is 15.3. The summed E-state index contributed by atoms with van der Waals surface area (Å²) in [5.74, 6) is 0.105. The van der Waals surface area contributed by atoms with Crippen molar-refractivity contribution in [3.63, 3.8) is 0 Å². The summed E-state index contributed by atoms with van der Waals surface area (Å²) in [6.45, 7) is 0. The minimum absolute atomic E-state index is 0.105. The van der Waals surface area contributed by atoms with E-state index in [0.29, 0.717) is 12.0 Å². The minimum Gasteiger partial charge on any atom is -0.507 e. The van der Waals surface area contributed by atoms with E-state index in [1.807, 2.05) is 78.9 Å². The monoisotopic (exact) mass is 365 g/mol. The van der Waals surface area contributed by atoms with E-state index in [-0.39, 0.29) is 11.3 Å². The van der Waals surface area contributed by atoms with Crippen molar-refractivity contribution in [3.8, 4) is 33.8 Å². The predicted octanol–water partition coefficient (Wildman–Crippen LogP) is 4.98. The summed E-state index contributed by atoms with van der Waals surface area (Å²) in [5.41, 5.74) is 5.55. The Kier molecular flexibility index (Phi) is 3.87. The maximum Gasteiger partial charge on any atom is 0.267 e. The molecular weight excluding hydrogens is 346 g/mol. The van der Waals surface area contributed by atoms with Gasteiger partial charge in [-0.3, -0.25) is 9.36 Å². The topological polar surface area (TPSA) is 42.2 Å². The first-order chi connectivity index (χ1) is 13.8. The van der Waals surface area contributed by atoms with Gasteiger partial charge in [0.05, 0.1) is 11.3 Å². The molecule has 0 bridgehead atoms. The Balaban J connectivity index is 1.94. The number of fused-ring (bicyclic) bond motifs is 3. The molecular formula is C25H19NO2. The fraction of sp³-hybridized carbons (Fsp3) is 0.0800. The van der Waals surface area contributed by atoms with Crippen molar-refractivity contribution >= 4 is 0 Å². The normalized spacial score (nSPS) is 12.3. The highest BCUT2D eigenvalue weighted by atomic mass is 16.3. The lowest BCUT2D eigenvalue weighted by molar-refractivity contribution is 0.467. The van der Waals surface area contributed by atoms with Gasteiger partial charge in [0, 0.05) is 16.8 Å². The van der Waals surface area contributed by atoms with E-state index in [9.17, 15) is 9.90 Å². The molecule has 28 heavy (non-hydrogen) atoms. The molecule has 0 radical (unpaired) electrons. The van der Waals surface area contributed by atoms with Gasteiger partial charge in [0.25, 0.3) is 5.56 Å². The Hall–Kier alpha value is -3.59. The number of aromatic nitrogens is 1. The third-order valence-electron chi connectivity index (χ3n) is 5.44. The molecule has 1 aliphatic rings. The van der Waals surface area contributed by atoms with Crippen molar-refractivity contribution in [1.29, 1.82) is 0 Å². The molecule has 4 aromatic rings. The van der Waals surface area contributed by atoms with Crippen molar-refractivity contribution in [3.05, 3.63) is 106 Å². The Labute approximate surface area is 163 Å². The molecule has 1 N–H and O–H groups in total. The Morgan fingerprint density at radius 2 is 1.39 bits per heavy atom. The van der Waals surface area contributed by atoms with Gasteiger partial charge in [-0.2, -0.15) is 0 Å². The largest absolute Gasteiger partial charge is 0.507 e. The van der Waals surface area contributed by atoms with E-state index in [1.54, 1.807) is 4.57 Å². The summed E-state index contributed by atoms with van der Waals surface area (Å²) in [6, 6.07) is 27.2. The van der Waals surface area contributed by atoms with Crippen LogP contribution in [-0.4, -0.2) is 9.67 Å². The van der Waals surface area contributed by atoms with Gasteiger partial charge in [-0.15, -0.1) is 0 Å². The number of nitrogens with zero attached hydrogens (tertiary/aromatic N) is 1. The molecule has 136 valence electrons. The van der Waals surface area contributed by atoms with E-state index in [0.717, 1.165) is 34.5 Å². The molecule has 1 heterocycles. The molecule has 0 saturated heterocycles. The molecule has 3 aromatic carbocycles. The van der Waals surface area contributed by atoms with Gasteiger partial charge in [-0.25, -0.2) is 0 Å². The number of benzene rings is 3. The molecule has 0 unspecified atom stereocenters. The molecule has 0 aliphatic heterocycles. The van der Waals surface area contributed by atoms with Crippen molar-refractivity contribution in [2.24, 2.45) is 0 Å². The Bertz CT molecular complexity index is 1220. The number of para-hydroxylation sites is 1. The number of aromatic hydroxyl groups is 1. The van der Waals surface area contributed by atoms with Crippen LogP contribution in [0.2, 0.25) is 0 Å². The molecule has 0 saturated carbocycles. The predicted molar refractivity (Wildman–Crippen MR) is 112 cm³/mol. The van der Waals surface area contributed by atoms with Crippen LogP contribution in [-0.2, 0) is 12.8 Å². The lowest BCUT2D eigenvalue weighted by Crippen LogP contribution is -2.25. The van der Waals surface area contributed by atoms with Crippen LogP contribution < -0.4 is 5.56 Å². The fourth-order valence-corrected chi connectivity index (χ4v) is 4.15. The summed E-state index contributed by atoms with van der Waals surface area (Å²) >= 11 is 0. The highest BCUT2D eigenvalue weighted by Crippen LogP contribution is 2.41. The average molecular weight is 365 g/mol. The number of pyridine rings is 1. The van der Waals surface area contributed by atoms with Crippen molar-refractivity contribution in [1.82, 2.24) is 4.57 Å². The Morgan fingerprint density at radius 3 is 2.14 bits per heavy atom. The first-order valence-corrected chi connectivity index (χ1v) is 9.45. The van der Waals surface area contributed by atoms with Gasteiger partial charge < -0.3 is 5.11 Å². The van der Waals surface area contributed by atoms with Crippen LogP contribution >= 0.6 is 0 Å². The van der Waals surface area contributed by atoms with Crippen LogP contribution in [0.1, 0.15) is 11.1 Å². The second kappa shape index (κ2) is 6.54. The highest BCUT2D eigenvalue weighted by Gasteiger charge is 2.27. The summed E-state index contributed by atoms with van der Waals surface area (Å²) < 4.78 is 1.76. The highest BCUT2D eigenvalue weighted by molar-refractivity contribution is 5.81. The maximum atomic E-state index is 13.7. The number of aryl methyl sites for hydroxylation is 1. The van der Waals surface area contributed by atoms with Crippen LogP contribution in [0, 0.1) is 0 Å². The summed E-state index contributed by atoms with van der Waals surface area (Å²) in [6.07, 6.45) is 1.54. The third-order valence-corrected chi connectivity index (χ3v) is 5.44. The van der Waals surface area contributed by atoms with Gasteiger partial charge >= 0.3 is 0 Å². The lowest BCUT2D eigenvalue weighted by Gasteiger charge is -2.26.